The van der Waals surface area contributed by atoms with E-state index >= 15 is 0 Å². The molecule has 0 aliphatic rings. The Hall–Kier alpha value is -1.07. The van der Waals surface area contributed by atoms with Gasteiger partial charge in [-0.25, -0.2) is 0 Å². The molecule has 2 atom stereocenters. The second-order valence-corrected chi connectivity index (χ2v) is 5.47. The summed E-state index contributed by atoms with van der Waals surface area (Å²) in [4.78, 5) is 0. The van der Waals surface area contributed by atoms with E-state index in [0.29, 0.717) is 17.9 Å². The maximum absolute atomic E-state index is 12.6. The summed E-state index contributed by atoms with van der Waals surface area (Å²) in [5.74, 6) is 0.310. The van der Waals surface area contributed by atoms with Crippen LogP contribution in [0.4, 0.5) is 13.2 Å². The van der Waals surface area contributed by atoms with Crippen LogP contribution >= 0.6 is 0 Å². The first-order chi connectivity index (χ1) is 9.28. The molecule has 5 heteroatoms. The van der Waals surface area contributed by atoms with E-state index in [1.54, 1.807) is 30.3 Å². The van der Waals surface area contributed by atoms with E-state index in [0.717, 1.165) is 0 Å². The lowest BCUT2D eigenvalue weighted by molar-refractivity contribution is -0.140. The van der Waals surface area contributed by atoms with Crippen molar-refractivity contribution >= 4 is 0 Å². The monoisotopic (exact) mass is 289 g/mol. The number of benzene rings is 1. The van der Waals surface area contributed by atoms with Gasteiger partial charge >= 0.3 is 6.18 Å². The van der Waals surface area contributed by atoms with Crippen LogP contribution in [-0.4, -0.2) is 23.9 Å². The van der Waals surface area contributed by atoms with Gasteiger partial charge in [0.05, 0.1) is 12.5 Å². The fraction of sp³-hybridized carbons (Fsp3) is 0.600. The summed E-state index contributed by atoms with van der Waals surface area (Å²) in [7, 11) is 0. The van der Waals surface area contributed by atoms with E-state index < -0.39 is 24.7 Å². The molecule has 114 valence electrons. The van der Waals surface area contributed by atoms with E-state index in [2.05, 4.69) is 5.32 Å². The molecule has 20 heavy (non-hydrogen) atoms. The quantitative estimate of drug-likeness (QED) is 0.802. The Morgan fingerprint density at radius 1 is 1.15 bits per heavy atom. The van der Waals surface area contributed by atoms with Crippen LogP contribution in [0.2, 0.25) is 0 Å². The van der Waals surface area contributed by atoms with Crippen molar-refractivity contribution in [3.8, 4) is 0 Å². The molecule has 0 aromatic heterocycles. The van der Waals surface area contributed by atoms with Crippen LogP contribution in [0.15, 0.2) is 30.3 Å². The molecule has 2 unspecified atom stereocenters. The molecule has 1 aromatic carbocycles. The molecule has 2 N–H and O–H groups in total. The first-order valence-electron chi connectivity index (χ1n) is 6.81. The third kappa shape index (κ3) is 6.91. The first kappa shape index (κ1) is 17.0. The van der Waals surface area contributed by atoms with Crippen molar-refractivity contribution in [1.82, 2.24) is 5.32 Å². The topological polar surface area (TPSA) is 32.3 Å². The average molecular weight is 289 g/mol. The van der Waals surface area contributed by atoms with Gasteiger partial charge in [0, 0.05) is 12.6 Å². The Bertz CT molecular complexity index is 378. The summed E-state index contributed by atoms with van der Waals surface area (Å²) >= 11 is 0. The van der Waals surface area contributed by atoms with Crippen molar-refractivity contribution in [2.24, 2.45) is 5.92 Å². The average Bonchev–Trinajstić information content (AvgIpc) is 2.33. The molecule has 0 bridgehead atoms. The van der Waals surface area contributed by atoms with Crippen molar-refractivity contribution in [3.63, 3.8) is 0 Å². The Balaban J connectivity index is 2.64. The van der Waals surface area contributed by atoms with Crippen molar-refractivity contribution < 1.29 is 18.3 Å². The number of hydrogen-bond donors (Lipinski definition) is 2. The highest BCUT2D eigenvalue weighted by Crippen LogP contribution is 2.29. The van der Waals surface area contributed by atoms with E-state index in [1.165, 1.54) is 0 Å². The summed E-state index contributed by atoms with van der Waals surface area (Å²) in [6.07, 6.45) is -5.24. The Morgan fingerprint density at radius 2 is 1.75 bits per heavy atom. The summed E-state index contributed by atoms with van der Waals surface area (Å²) in [6.45, 7) is 4.09. The zero-order valence-electron chi connectivity index (χ0n) is 11.8. The van der Waals surface area contributed by atoms with Crippen LogP contribution < -0.4 is 5.32 Å². The second kappa shape index (κ2) is 7.64. The van der Waals surface area contributed by atoms with Crippen LogP contribution in [0, 0.1) is 5.92 Å². The molecule has 2 nitrogen and oxygen atoms in total. The van der Waals surface area contributed by atoms with Crippen LogP contribution in [0.3, 0.4) is 0 Å². The molecule has 1 aromatic rings. The van der Waals surface area contributed by atoms with E-state index in [-0.39, 0.29) is 6.54 Å². The lowest BCUT2D eigenvalue weighted by atomic mass is 10.0. The predicted molar refractivity (Wildman–Crippen MR) is 73.3 cm³/mol. The molecule has 0 spiro atoms. The van der Waals surface area contributed by atoms with Gasteiger partial charge in [-0.1, -0.05) is 44.2 Å². The normalized spacial score (nSPS) is 15.3. The lowest BCUT2D eigenvalue weighted by Crippen LogP contribution is -2.33. The summed E-state index contributed by atoms with van der Waals surface area (Å²) in [6, 6.07) is 7.70. The Labute approximate surface area is 118 Å². The first-order valence-corrected chi connectivity index (χ1v) is 6.81. The molecule has 0 saturated carbocycles. The molecule has 0 amide bonds. The van der Waals surface area contributed by atoms with Crippen molar-refractivity contribution in [2.45, 2.75) is 45.0 Å². The lowest BCUT2D eigenvalue weighted by Gasteiger charge is -2.23. The number of rotatable bonds is 7. The molecular formula is C15H22F3NO. The van der Waals surface area contributed by atoms with Gasteiger partial charge in [-0.3, -0.25) is 0 Å². The fourth-order valence-corrected chi connectivity index (χ4v) is 2.13. The zero-order chi connectivity index (χ0) is 15.2. The summed E-state index contributed by atoms with van der Waals surface area (Å²) in [5, 5.41) is 12.6. The smallest absolute Gasteiger partial charge is 0.390 e. The van der Waals surface area contributed by atoms with Gasteiger partial charge in [0.1, 0.15) is 0 Å². The molecule has 0 radical (unpaired) electrons. The largest absolute Gasteiger partial charge is 0.392 e. The highest BCUT2D eigenvalue weighted by Gasteiger charge is 2.32. The van der Waals surface area contributed by atoms with Gasteiger partial charge in [0.2, 0.25) is 0 Å². The van der Waals surface area contributed by atoms with Crippen LogP contribution in [0.1, 0.15) is 38.3 Å². The summed E-state index contributed by atoms with van der Waals surface area (Å²) in [5.41, 5.74) is 0.585. The summed E-state index contributed by atoms with van der Waals surface area (Å²) < 4.78 is 37.9. The number of halogens is 3. The SMILES string of the molecule is CC(C)CC(O)CNC(CC(F)(F)F)c1ccccc1. The van der Waals surface area contributed by atoms with Gasteiger partial charge in [-0.2, -0.15) is 13.2 Å². The van der Waals surface area contributed by atoms with Gasteiger partial charge in [0.15, 0.2) is 0 Å². The minimum Gasteiger partial charge on any atom is -0.392 e. The zero-order valence-corrected chi connectivity index (χ0v) is 11.8. The van der Waals surface area contributed by atoms with Gasteiger partial charge in [0.25, 0.3) is 0 Å². The molecule has 0 aliphatic carbocycles. The molecule has 0 fully saturated rings. The van der Waals surface area contributed by atoms with E-state index in [4.69, 9.17) is 0 Å². The Morgan fingerprint density at radius 3 is 2.25 bits per heavy atom. The van der Waals surface area contributed by atoms with Crippen molar-refractivity contribution in [3.05, 3.63) is 35.9 Å². The highest BCUT2D eigenvalue weighted by molar-refractivity contribution is 5.19. The maximum Gasteiger partial charge on any atom is 0.390 e. The van der Waals surface area contributed by atoms with Crippen LogP contribution in [-0.2, 0) is 0 Å². The minimum atomic E-state index is -4.24. The molecule has 1 rings (SSSR count). The maximum atomic E-state index is 12.6. The van der Waals surface area contributed by atoms with E-state index in [1.807, 2.05) is 13.8 Å². The van der Waals surface area contributed by atoms with Gasteiger partial charge in [-0.05, 0) is 17.9 Å². The second-order valence-electron chi connectivity index (χ2n) is 5.47. The van der Waals surface area contributed by atoms with Gasteiger partial charge in [-0.15, -0.1) is 0 Å². The van der Waals surface area contributed by atoms with Crippen molar-refractivity contribution in [2.75, 3.05) is 6.54 Å². The predicted octanol–water partition coefficient (Wildman–Crippen LogP) is 3.68. The third-order valence-corrected chi connectivity index (χ3v) is 2.98. The third-order valence-electron chi connectivity index (χ3n) is 2.98. The van der Waals surface area contributed by atoms with Crippen LogP contribution in [0.25, 0.3) is 0 Å². The van der Waals surface area contributed by atoms with E-state index in [9.17, 15) is 18.3 Å². The minimum absolute atomic E-state index is 0.161. The molecule has 0 aliphatic heterocycles. The molecule has 0 saturated heterocycles. The fourth-order valence-electron chi connectivity index (χ4n) is 2.13. The highest BCUT2D eigenvalue weighted by atomic mass is 19.4. The number of hydrogen-bond acceptors (Lipinski definition) is 2. The van der Waals surface area contributed by atoms with Crippen LogP contribution in [0.5, 0.6) is 0 Å². The van der Waals surface area contributed by atoms with Gasteiger partial charge < -0.3 is 10.4 Å². The number of aliphatic hydroxyl groups excluding tert-OH is 1. The van der Waals surface area contributed by atoms with Crippen molar-refractivity contribution in [1.29, 1.82) is 0 Å². The number of aliphatic hydroxyl groups is 1. The number of nitrogens with one attached hydrogen (secondary N) is 1. The number of alkyl halides is 3. The standard InChI is InChI=1S/C15H22F3NO/c1-11(2)8-13(20)10-19-14(9-15(16,17)18)12-6-4-3-5-7-12/h3-7,11,13-14,19-20H,8-10H2,1-2H3. The Kier molecular flexibility index (Phi) is 6.49. The molecule has 0 heterocycles. The molecular weight excluding hydrogens is 267 g/mol.